The summed E-state index contributed by atoms with van der Waals surface area (Å²) < 4.78 is 18.4. The molecule has 6 heteroatoms. The minimum Gasteiger partial charge on any atom is -0.377 e. The molecule has 5 nitrogen and oxygen atoms in total. The second-order valence-corrected chi connectivity index (χ2v) is 10.9. The molecule has 27 heavy (non-hydrogen) atoms. The van der Waals surface area contributed by atoms with Gasteiger partial charge in [-0.15, -0.1) is 0 Å². The monoisotopic (exact) mass is 395 g/mol. The van der Waals surface area contributed by atoms with Crippen LogP contribution in [0, 0.1) is 11.3 Å². The number of rotatable bonds is 5. The molecule has 6 unspecified atom stereocenters. The van der Waals surface area contributed by atoms with Gasteiger partial charge in [0.05, 0.1) is 6.10 Å². The van der Waals surface area contributed by atoms with Gasteiger partial charge in [0.1, 0.15) is 0 Å². The third kappa shape index (κ3) is 3.68. The Balaban J connectivity index is 1.41. The lowest BCUT2D eigenvalue weighted by Crippen LogP contribution is -2.69. The molecule has 1 saturated heterocycles. The van der Waals surface area contributed by atoms with Gasteiger partial charge in [0.2, 0.25) is 0 Å². The van der Waals surface area contributed by atoms with Gasteiger partial charge < -0.3 is 15.4 Å². The van der Waals surface area contributed by atoms with Gasteiger partial charge in [-0.3, -0.25) is 9.20 Å². The zero-order valence-corrected chi connectivity index (χ0v) is 17.9. The van der Waals surface area contributed by atoms with E-state index >= 15 is 0 Å². The van der Waals surface area contributed by atoms with Crippen LogP contribution in [0.4, 0.5) is 0 Å². The largest absolute Gasteiger partial charge is 0.377 e. The Morgan fingerprint density at radius 2 is 1.96 bits per heavy atom. The van der Waals surface area contributed by atoms with Gasteiger partial charge in [0, 0.05) is 58.4 Å². The van der Waals surface area contributed by atoms with Gasteiger partial charge in [0.25, 0.3) is 0 Å². The Hall–Kier alpha value is -0.620. The van der Waals surface area contributed by atoms with E-state index in [1.165, 1.54) is 38.5 Å². The average Bonchev–Trinajstić information content (AvgIpc) is 3.34. The fourth-order valence-electron chi connectivity index (χ4n) is 6.29. The lowest BCUT2D eigenvalue weighted by Gasteiger charge is -2.57. The maximum absolute atomic E-state index is 12.3. The van der Waals surface area contributed by atoms with E-state index < -0.39 is 10.8 Å². The van der Waals surface area contributed by atoms with Gasteiger partial charge in [-0.1, -0.05) is 26.2 Å². The first-order valence-electron chi connectivity index (χ1n) is 11.2. The highest BCUT2D eigenvalue weighted by Gasteiger charge is 2.65. The van der Waals surface area contributed by atoms with E-state index in [9.17, 15) is 4.21 Å². The number of nitrogens with zero attached hydrogens (tertiary/aromatic N) is 1. The minimum atomic E-state index is -0.681. The van der Waals surface area contributed by atoms with Crippen LogP contribution < -0.4 is 10.6 Å². The van der Waals surface area contributed by atoms with Gasteiger partial charge in [0.15, 0.2) is 5.96 Å². The fraction of sp³-hybridized carbons (Fsp3) is 0.952. The van der Waals surface area contributed by atoms with E-state index in [-0.39, 0.29) is 0 Å². The highest BCUT2D eigenvalue weighted by atomic mass is 32.2. The Morgan fingerprint density at radius 3 is 2.70 bits per heavy atom. The smallest absolute Gasteiger partial charge is 0.191 e. The summed E-state index contributed by atoms with van der Waals surface area (Å²) in [7, 11) is -0.681. The molecule has 0 aromatic carbocycles. The van der Waals surface area contributed by atoms with Crippen molar-refractivity contribution in [2.45, 2.75) is 95.1 Å². The zero-order valence-electron chi connectivity index (χ0n) is 17.0. The van der Waals surface area contributed by atoms with E-state index in [1.54, 1.807) is 0 Å². The zero-order chi connectivity index (χ0) is 18.9. The molecule has 1 aliphatic heterocycles. The molecule has 0 aromatic heterocycles. The third-order valence-electron chi connectivity index (χ3n) is 7.52. The summed E-state index contributed by atoms with van der Waals surface area (Å²) in [5.74, 6) is 2.41. The summed E-state index contributed by atoms with van der Waals surface area (Å²) in [6.07, 6.45) is 11.4. The molecule has 4 fully saturated rings. The molecule has 0 aromatic rings. The van der Waals surface area contributed by atoms with E-state index in [0.29, 0.717) is 34.8 Å². The van der Waals surface area contributed by atoms with Crippen molar-refractivity contribution in [3.8, 4) is 0 Å². The Morgan fingerprint density at radius 1 is 1.15 bits per heavy atom. The molecule has 0 radical (unpaired) electrons. The van der Waals surface area contributed by atoms with E-state index in [4.69, 9.17) is 9.73 Å². The van der Waals surface area contributed by atoms with Crippen LogP contribution in [-0.2, 0) is 15.5 Å². The fourth-order valence-corrected chi connectivity index (χ4v) is 7.63. The first-order valence-corrected chi connectivity index (χ1v) is 12.6. The van der Waals surface area contributed by atoms with E-state index in [1.807, 2.05) is 6.92 Å². The van der Waals surface area contributed by atoms with Crippen LogP contribution in [0.5, 0.6) is 0 Å². The van der Waals surface area contributed by atoms with Crippen molar-refractivity contribution in [3.63, 3.8) is 0 Å². The van der Waals surface area contributed by atoms with Gasteiger partial charge in [-0.2, -0.15) is 0 Å². The highest BCUT2D eigenvalue weighted by Crippen LogP contribution is 2.60. The first-order chi connectivity index (χ1) is 13.2. The van der Waals surface area contributed by atoms with Gasteiger partial charge in [-0.05, 0) is 45.4 Å². The van der Waals surface area contributed by atoms with Crippen LogP contribution in [-0.4, -0.2) is 52.5 Å². The Kier molecular flexibility index (Phi) is 6.12. The number of fused-ring (bicyclic) bond motifs is 2. The van der Waals surface area contributed by atoms with Crippen molar-refractivity contribution in [2.24, 2.45) is 16.3 Å². The minimum absolute atomic E-state index is 0.343. The van der Waals surface area contributed by atoms with Crippen LogP contribution >= 0.6 is 0 Å². The molecule has 154 valence electrons. The molecule has 3 saturated carbocycles. The summed E-state index contributed by atoms with van der Waals surface area (Å²) in [6, 6.07) is 0.904. The number of guanidine groups is 1. The van der Waals surface area contributed by atoms with Crippen LogP contribution in [0.25, 0.3) is 0 Å². The standard InChI is InChI=1S/C21H37N3O2S/c1-3-22-20(23-15-8-7-9-16(14-15)27(25)4-2)24-18-17-10-13-26-19(17)21(18)11-5-6-12-21/h15-19H,3-14H2,1-2H3,(H2,22,23,24). The van der Waals surface area contributed by atoms with Crippen LogP contribution in [0.1, 0.15) is 71.6 Å². The van der Waals surface area contributed by atoms with E-state index in [2.05, 4.69) is 17.6 Å². The third-order valence-corrected chi connectivity index (χ3v) is 9.26. The van der Waals surface area contributed by atoms with Crippen molar-refractivity contribution in [1.29, 1.82) is 0 Å². The summed E-state index contributed by atoms with van der Waals surface area (Å²) in [4.78, 5) is 4.78. The van der Waals surface area contributed by atoms with Crippen molar-refractivity contribution < 1.29 is 8.95 Å². The van der Waals surface area contributed by atoms with Gasteiger partial charge in [-0.25, -0.2) is 0 Å². The predicted octanol–water partition coefficient (Wildman–Crippen LogP) is 2.97. The molecule has 0 bridgehead atoms. The quantitative estimate of drug-likeness (QED) is 0.555. The van der Waals surface area contributed by atoms with Crippen molar-refractivity contribution in [2.75, 3.05) is 18.9 Å². The molecule has 6 atom stereocenters. The molecule has 2 N–H and O–H groups in total. The summed E-state index contributed by atoms with van der Waals surface area (Å²) in [5.41, 5.74) is 0.343. The number of hydrogen-bond donors (Lipinski definition) is 2. The topological polar surface area (TPSA) is 62.7 Å². The van der Waals surface area contributed by atoms with Crippen molar-refractivity contribution >= 4 is 16.8 Å². The summed E-state index contributed by atoms with van der Waals surface area (Å²) in [6.45, 7) is 5.86. The summed E-state index contributed by atoms with van der Waals surface area (Å²) in [5, 5.41) is 7.91. The van der Waals surface area contributed by atoms with Crippen LogP contribution in [0.3, 0.4) is 0 Å². The molecule has 1 heterocycles. The second kappa shape index (κ2) is 8.40. The Bertz CT molecular complexity index is 576. The van der Waals surface area contributed by atoms with Gasteiger partial charge >= 0.3 is 0 Å². The molecule has 1 spiro atoms. The number of ether oxygens (including phenoxy) is 1. The second-order valence-electron chi connectivity index (χ2n) is 8.93. The molecular formula is C21H37N3O2S. The molecular weight excluding hydrogens is 358 g/mol. The van der Waals surface area contributed by atoms with Crippen molar-refractivity contribution in [3.05, 3.63) is 0 Å². The predicted molar refractivity (Wildman–Crippen MR) is 112 cm³/mol. The van der Waals surface area contributed by atoms with Crippen LogP contribution in [0.2, 0.25) is 0 Å². The average molecular weight is 396 g/mol. The molecule has 4 rings (SSSR count). The maximum Gasteiger partial charge on any atom is 0.191 e. The van der Waals surface area contributed by atoms with Crippen molar-refractivity contribution in [1.82, 2.24) is 10.6 Å². The first kappa shape index (κ1) is 19.7. The number of hydrogen-bond acceptors (Lipinski definition) is 3. The summed E-state index contributed by atoms with van der Waals surface area (Å²) >= 11 is 0. The highest BCUT2D eigenvalue weighted by molar-refractivity contribution is 7.85. The molecule has 3 aliphatic carbocycles. The normalized spacial score (nSPS) is 39.0. The lowest BCUT2D eigenvalue weighted by atomic mass is 9.54. The van der Waals surface area contributed by atoms with E-state index in [0.717, 1.165) is 44.1 Å². The van der Waals surface area contributed by atoms with Crippen LogP contribution in [0.15, 0.2) is 4.99 Å². The Labute approximate surface area is 166 Å². The maximum atomic E-state index is 12.3. The SMILES string of the molecule is CCN=C(NC1CCCC(S(=O)CC)C1)NC1C2CCOC2C12CCCC2. The molecule has 4 aliphatic rings. The molecule has 0 amide bonds. The number of aliphatic imine (C=N–C) groups is 1. The lowest BCUT2D eigenvalue weighted by molar-refractivity contribution is -0.125. The number of nitrogens with one attached hydrogen (secondary N) is 2.